The van der Waals surface area contributed by atoms with E-state index in [1.54, 1.807) is 25.1 Å². The number of hydrogen-bond acceptors (Lipinski definition) is 4. The lowest BCUT2D eigenvalue weighted by Crippen LogP contribution is -2.46. The molecule has 1 unspecified atom stereocenters. The maximum atomic E-state index is 12.5. The van der Waals surface area contributed by atoms with Crippen molar-refractivity contribution in [3.05, 3.63) is 28.2 Å². The minimum absolute atomic E-state index is 0. The quantitative estimate of drug-likeness (QED) is 0.697. The van der Waals surface area contributed by atoms with E-state index in [2.05, 4.69) is 0 Å². The Morgan fingerprint density at radius 3 is 2.60 bits per heavy atom. The third-order valence-electron chi connectivity index (χ3n) is 4.01. The molecule has 0 saturated carbocycles. The van der Waals surface area contributed by atoms with Gasteiger partial charge in [0, 0.05) is 25.8 Å². The fourth-order valence-electron chi connectivity index (χ4n) is 2.64. The molecule has 0 bridgehead atoms. The molecular formula is C17H25Cl3N2O3. The number of hydrogen-bond donors (Lipinski definition) is 1. The van der Waals surface area contributed by atoms with Gasteiger partial charge in [-0.15, -0.1) is 12.4 Å². The molecule has 142 valence electrons. The predicted octanol–water partition coefficient (Wildman–Crippen LogP) is 3.54. The molecule has 1 saturated heterocycles. The zero-order valence-electron chi connectivity index (χ0n) is 14.2. The molecule has 1 heterocycles. The van der Waals surface area contributed by atoms with Crippen LogP contribution in [-0.4, -0.2) is 49.3 Å². The van der Waals surface area contributed by atoms with Gasteiger partial charge in [-0.1, -0.05) is 23.2 Å². The van der Waals surface area contributed by atoms with Gasteiger partial charge in [0.15, 0.2) is 6.10 Å². The Morgan fingerprint density at radius 1 is 1.32 bits per heavy atom. The van der Waals surface area contributed by atoms with Crippen LogP contribution in [-0.2, 0) is 9.53 Å². The summed E-state index contributed by atoms with van der Waals surface area (Å²) in [5, 5.41) is 0.865. The highest BCUT2D eigenvalue weighted by Crippen LogP contribution is 2.27. The highest BCUT2D eigenvalue weighted by Gasteiger charge is 2.27. The van der Waals surface area contributed by atoms with E-state index in [4.69, 9.17) is 38.4 Å². The third kappa shape index (κ3) is 6.83. The Labute approximate surface area is 165 Å². The summed E-state index contributed by atoms with van der Waals surface area (Å²) in [5.74, 6) is 0.506. The van der Waals surface area contributed by atoms with Crippen LogP contribution in [0.15, 0.2) is 18.2 Å². The lowest BCUT2D eigenvalue weighted by Gasteiger charge is -2.33. The normalized spacial score (nSPS) is 16.2. The number of carbonyl (C=O) groups is 1. The molecule has 0 radical (unpaired) electrons. The lowest BCUT2D eigenvalue weighted by molar-refractivity contribution is -0.140. The number of rotatable bonds is 7. The number of nitrogens with two attached hydrogens (primary N) is 1. The minimum Gasteiger partial charge on any atom is -0.481 e. The van der Waals surface area contributed by atoms with Crippen molar-refractivity contribution in [1.29, 1.82) is 0 Å². The van der Waals surface area contributed by atoms with Crippen LogP contribution in [0, 0.1) is 0 Å². The molecule has 2 N–H and O–H groups in total. The summed E-state index contributed by atoms with van der Waals surface area (Å²) in [6.45, 7) is 4.43. The van der Waals surface area contributed by atoms with Crippen LogP contribution < -0.4 is 10.5 Å². The van der Waals surface area contributed by atoms with Gasteiger partial charge >= 0.3 is 0 Å². The molecule has 0 aliphatic carbocycles. The summed E-state index contributed by atoms with van der Waals surface area (Å²) in [4.78, 5) is 14.3. The van der Waals surface area contributed by atoms with Crippen molar-refractivity contribution in [3.63, 3.8) is 0 Å². The molecule has 0 spiro atoms. The van der Waals surface area contributed by atoms with E-state index in [1.807, 2.05) is 4.90 Å². The number of piperidine rings is 1. The van der Waals surface area contributed by atoms with Gasteiger partial charge in [0.25, 0.3) is 5.91 Å². The molecule has 1 aromatic rings. The van der Waals surface area contributed by atoms with Gasteiger partial charge in [-0.25, -0.2) is 0 Å². The number of benzene rings is 1. The molecule has 1 aliphatic heterocycles. The Balaban J connectivity index is 0.00000312. The van der Waals surface area contributed by atoms with Gasteiger partial charge in [0.1, 0.15) is 5.75 Å². The number of likely N-dealkylation sites (tertiary alicyclic amines) is 1. The number of nitrogens with zero attached hydrogens (tertiary/aromatic N) is 1. The molecule has 1 aromatic carbocycles. The second-order valence-corrected chi connectivity index (χ2v) is 6.69. The van der Waals surface area contributed by atoms with Crippen molar-refractivity contribution in [2.24, 2.45) is 5.73 Å². The maximum Gasteiger partial charge on any atom is 0.263 e. The molecule has 8 heteroatoms. The van der Waals surface area contributed by atoms with Crippen molar-refractivity contribution < 1.29 is 14.3 Å². The van der Waals surface area contributed by atoms with E-state index in [0.717, 1.165) is 19.3 Å². The number of ether oxygens (including phenoxy) is 2. The lowest BCUT2D eigenvalue weighted by atomic mass is 10.1. The van der Waals surface area contributed by atoms with Gasteiger partial charge in [0.05, 0.1) is 16.1 Å². The van der Waals surface area contributed by atoms with Crippen LogP contribution >= 0.6 is 35.6 Å². The van der Waals surface area contributed by atoms with Gasteiger partial charge in [-0.2, -0.15) is 0 Å². The topological polar surface area (TPSA) is 64.8 Å². The Morgan fingerprint density at radius 2 is 2.00 bits per heavy atom. The first kappa shape index (κ1) is 22.3. The average Bonchev–Trinajstić information content (AvgIpc) is 2.58. The van der Waals surface area contributed by atoms with Crippen LogP contribution in [0.5, 0.6) is 5.75 Å². The molecule has 1 atom stereocenters. The number of carbonyl (C=O) groups excluding carboxylic acids is 1. The standard InChI is InChI=1S/C17H24Cl2N2O3.ClH/c1-12(24-14-3-4-15(18)16(19)11-14)17(22)21-8-5-13(6-9-21)23-10-2-7-20;/h3-4,11-13H,2,5-10,20H2,1H3;1H. The minimum atomic E-state index is -0.572. The molecule has 2 rings (SSSR count). The van der Waals surface area contributed by atoms with Crippen LogP contribution in [0.2, 0.25) is 10.0 Å². The first-order valence-electron chi connectivity index (χ1n) is 8.23. The summed E-state index contributed by atoms with van der Waals surface area (Å²) in [7, 11) is 0. The number of halogens is 3. The van der Waals surface area contributed by atoms with Crippen molar-refractivity contribution in [1.82, 2.24) is 4.90 Å². The first-order chi connectivity index (χ1) is 11.5. The summed E-state index contributed by atoms with van der Waals surface area (Å²) < 4.78 is 11.4. The van der Waals surface area contributed by atoms with Crippen LogP contribution in [0.25, 0.3) is 0 Å². The highest BCUT2D eigenvalue weighted by molar-refractivity contribution is 6.42. The maximum absolute atomic E-state index is 12.5. The Bertz CT molecular complexity index is 552. The number of amides is 1. The van der Waals surface area contributed by atoms with Crippen molar-refractivity contribution >= 4 is 41.5 Å². The zero-order chi connectivity index (χ0) is 17.5. The van der Waals surface area contributed by atoms with Crippen molar-refractivity contribution in [2.45, 2.75) is 38.4 Å². The smallest absolute Gasteiger partial charge is 0.263 e. The summed E-state index contributed by atoms with van der Waals surface area (Å²) in [6.07, 6.45) is 2.20. The van der Waals surface area contributed by atoms with E-state index in [1.165, 1.54) is 0 Å². The van der Waals surface area contributed by atoms with Gasteiger partial charge in [-0.05, 0) is 44.9 Å². The monoisotopic (exact) mass is 410 g/mol. The second-order valence-electron chi connectivity index (χ2n) is 5.87. The van der Waals surface area contributed by atoms with Crippen molar-refractivity contribution in [3.8, 4) is 5.75 Å². The van der Waals surface area contributed by atoms with Gasteiger partial charge < -0.3 is 20.1 Å². The van der Waals surface area contributed by atoms with E-state index in [0.29, 0.717) is 42.0 Å². The van der Waals surface area contributed by atoms with E-state index in [-0.39, 0.29) is 24.4 Å². The van der Waals surface area contributed by atoms with Gasteiger partial charge in [0.2, 0.25) is 0 Å². The molecular weight excluding hydrogens is 387 g/mol. The second kappa shape index (κ2) is 11.1. The van der Waals surface area contributed by atoms with E-state index < -0.39 is 6.10 Å². The fraction of sp³-hybridized carbons (Fsp3) is 0.588. The largest absolute Gasteiger partial charge is 0.481 e. The Kier molecular flexibility index (Phi) is 9.90. The fourth-order valence-corrected chi connectivity index (χ4v) is 2.93. The zero-order valence-corrected chi connectivity index (χ0v) is 16.6. The summed E-state index contributed by atoms with van der Waals surface area (Å²) in [6, 6.07) is 4.97. The van der Waals surface area contributed by atoms with Gasteiger partial charge in [-0.3, -0.25) is 4.79 Å². The summed E-state index contributed by atoms with van der Waals surface area (Å²) >= 11 is 11.8. The highest BCUT2D eigenvalue weighted by atomic mass is 35.5. The van der Waals surface area contributed by atoms with Crippen LogP contribution in [0.4, 0.5) is 0 Å². The van der Waals surface area contributed by atoms with Crippen LogP contribution in [0.3, 0.4) is 0 Å². The first-order valence-corrected chi connectivity index (χ1v) is 8.99. The predicted molar refractivity (Wildman–Crippen MR) is 103 cm³/mol. The van der Waals surface area contributed by atoms with Crippen molar-refractivity contribution in [2.75, 3.05) is 26.2 Å². The molecule has 25 heavy (non-hydrogen) atoms. The summed E-state index contributed by atoms with van der Waals surface area (Å²) in [5.41, 5.74) is 5.46. The Hall–Kier alpha value is -0.720. The van der Waals surface area contributed by atoms with Crippen LogP contribution in [0.1, 0.15) is 26.2 Å². The third-order valence-corrected chi connectivity index (χ3v) is 4.75. The molecule has 1 aliphatic rings. The molecule has 0 aromatic heterocycles. The van der Waals surface area contributed by atoms with E-state index >= 15 is 0 Å². The molecule has 1 fully saturated rings. The SMILES string of the molecule is CC(Oc1ccc(Cl)c(Cl)c1)C(=O)N1CCC(OCCCN)CC1.Cl. The molecule has 5 nitrogen and oxygen atoms in total. The average molecular weight is 412 g/mol. The molecule has 1 amide bonds. The van der Waals surface area contributed by atoms with E-state index in [9.17, 15) is 4.79 Å².